The van der Waals surface area contributed by atoms with E-state index in [1.165, 1.54) is 99.8 Å². The Bertz CT molecular complexity index is 2650. The van der Waals surface area contributed by atoms with E-state index in [4.69, 9.17) is 0 Å². The minimum absolute atomic E-state index is 0.0920. The first kappa shape index (κ1) is 30.9. The lowest BCUT2D eigenvalue weighted by Crippen LogP contribution is -2.18. The van der Waals surface area contributed by atoms with Crippen molar-refractivity contribution < 1.29 is 0 Å². The fourth-order valence-electron chi connectivity index (χ4n) is 9.46. The molecule has 0 fully saturated rings. The molecule has 0 saturated heterocycles. The van der Waals surface area contributed by atoms with Crippen molar-refractivity contribution in [2.45, 2.75) is 45.4 Å². The standard InChI is InChI=1S/C51H41N/c1-32-28-34(44-29-33-14-6-7-15-37(33)38-16-8-9-17-39(38)44)22-27-49(32)52(35-23-25-42-40-18-10-12-20-45(40)50(2,3)47(42)30-35)36-24-26-43-41-19-11-13-21-46(41)51(4,5)48(43)31-36/h6-31H,1-5H3. The summed E-state index contributed by atoms with van der Waals surface area (Å²) < 4.78 is 0. The average molecular weight is 668 g/mol. The third kappa shape index (κ3) is 4.35. The van der Waals surface area contributed by atoms with Crippen molar-refractivity contribution >= 4 is 38.6 Å². The van der Waals surface area contributed by atoms with Gasteiger partial charge in [-0.2, -0.15) is 0 Å². The summed E-state index contributed by atoms with van der Waals surface area (Å²) >= 11 is 0. The number of rotatable bonds is 4. The molecular formula is C51H41N. The molecule has 0 aromatic heterocycles. The molecule has 0 heterocycles. The van der Waals surface area contributed by atoms with Crippen molar-refractivity contribution in [2.24, 2.45) is 0 Å². The smallest absolute Gasteiger partial charge is 0.0491 e. The van der Waals surface area contributed by atoms with Gasteiger partial charge in [0.05, 0.1) is 0 Å². The van der Waals surface area contributed by atoms with Gasteiger partial charge in [-0.1, -0.05) is 143 Å². The van der Waals surface area contributed by atoms with Gasteiger partial charge in [0, 0.05) is 27.9 Å². The van der Waals surface area contributed by atoms with Gasteiger partial charge in [0.25, 0.3) is 0 Å². The third-order valence-corrected chi connectivity index (χ3v) is 12.2. The van der Waals surface area contributed by atoms with Gasteiger partial charge in [0.2, 0.25) is 0 Å². The second kappa shape index (κ2) is 11.0. The Hall–Kier alpha value is -5.92. The normalized spacial score (nSPS) is 14.6. The molecule has 8 aromatic rings. The molecule has 0 N–H and O–H groups in total. The van der Waals surface area contributed by atoms with Crippen LogP contribution in [-0.2, 0) is 10.8 Å². The van der Waals surface area contributed by atoms with Crippen molar-refractivity contribution in [2.75, 3.05) is 4.90 Å². The van der Waals surface area contributed by atoms with Crippen LogP contribution < -0.4 is 4.90 Å². The topological polar surface area (TPSA) is 3.24 Å². The zero-order valence-corrected chi connectivity index (χ0v) is 30.5. The van der Waals surface area contributed by atoms with E-state index in [0.29, 0.717) is 0 Å². The lowest BCUT2D eigenvalue weighted by atomic mass is 9.82. The summed E-state index contributed by atoms with van der Waals surface area (Å²) in [6.07, 6.45) is 0. The minimum atomic E-state index is -0.0920. The Morgan fingerprint density at radius 1 is 0.385 bits per heavy atom. The Kier molecular flexibility index (Phi) is 6.55. The first-order valence-corrected chi connectivity index (χ1v) is 18.5. The van der Waals surface area contributed by atoms with Crippen LogP contribution in [0.15, 0.2) is 158 Å². The maximum atomic E-state index is 2.50. The first-order chi connectivity index (χ1) is 25.2. The van der Waals surface area contributed by atoms with Crippen LogP contribution in [0, 0.1) is 6.92 Å². The maximum absolute atomic E-state index is 2.50. The molecule has 0 atom stereocenters. The molecule has 10 rings (SSSR count). The highest BCUT2D eigenvalue weighted by Crippen LogP contribution is 2.53. The van der Waals surface area contributed by atoms with Crippen molar-refractivity contribution in [3.63, 3.8) is 0 Å². The number of hydrogen-bond acceptors (Lipinski definition) is 1. The van der Waals surface area contributed by atoms with Crippen LogP contribution in [0.4, 0.5) is 17.1 Å². The fraction of sp³-hybridized carbons (Fsp3) is 0.137. The highest BCUT2D eigenvalue weighted by atomic mass is 15.1. The van der Waals surface area contributed by atoms with Crippen molar-refractivity contribution in [3.8, 4) is 33.4 Å². The SMILES string of the molecule is Cc1cc(-c2cc3ccccc3c3ccccc23)ccc1N(c1ccc2c(c1)C(C)(C)c1ccccc1-2)c1ccc2c(c1)C(C)(C)c1ccccc1-2. The molecule has 2 aliphatic rings. The molecular weight excluding hydrogens is 627 g/mol. The molecule has 8 aromatic carbocycles. The predicted octanol–water partition coefficient (Wildman–Crippen LogP) is 14.1. The largest absolute Gasteiger partial charge is 0.310 e. The quantitative estimate of drug-likeness (QED) is 0.169. The van der Waals surface area contributed by atoms with Gasteiger partial charge >= 0.3 is 0 Å². The number of benzene rings is 8. The van der Waals surface area contributed by atoms with Gasteiger partial charge in [-0.3, -0.25) is 0 Å². The molecule has 250 valence electrons. The van der Waals surface area contributed by atoms with E-state index in [0.717, 1.165) is 0 Å². The molecule has 0 saturated carbocycles. The van der Waals surface area contributed by atoms with E-state index < -0.39 is 0 Å². The summed E-state index contributed by atoms with van der Waals surface area (Å²) in [4.78, 5) is 2.50. The van der Waals surface area contributed by atoms with E-state index >= 15 is 0 Å². The molecule has 0 amide bonds. The van der Waals surface area contributed by atoms with Crippen LogP contribution in [0.3, 0.4) is 0 Å². The Morgan fingerprint density at radius 3 is 1.48 bits per heavy atom. The highest BCUT2D eigenvalue weighted by Gasteiger charge is 2.37. The van der Waals surface area contributed by atoms with Crippen molar-refractivity contribution in [1.29, 1.82) is 0 Å². The molecule has 0 radical (unpaired) electrons. The number of aryl methyl sites for hydroxylation is 1. The molecule has 52 heavy (non-hydrogen) atoms. The van der Waals surface area contributed by atoms with Crippen molar-refractivity contribution in [3.05, 3.63) is 186 Å². The third-order valence-electron chi connectivity index (χ3n) is 12.2. The number of hydrogen-bond donors (Lipinski definition) is 0. The van der Waals surface area contributed by atoms with E-state index in [-0.39, 0.29) is 10.8 Å². The number of fused-ring (bicyclic) bond motifs is 9. The van der Waals surface area contributed by atoms with Gasteiger partial charge in [-0.25, -0.2) is 0 Å². The monoisotopic (exact) mass is 667 g/mol. The van der Waals surface area contributed by atoms with Crippen molar-refractivity contribution in [1.82, 2.24) is 0 Å². The average Bonchev–Trinajstić information content (AvgIpc) is 3.54. The number of nitrogens with zero attached hydrogens (tertiary/aromatic N) is 1. The maximum Gasteiger partial charge on any atom is 0.0491 e. The Balaban J connectivity index is 1.17. The second-order valence-electron chi connectivity index (χ2n) is 15.8. The summed E-state index contributed by atoms with van der Waals surface area (Å²) in [5.41, 5.74) is 18.0. The lowest BCUT2D eigenvalue weighted by molar-refractivity contribution is 0.660. The highest BCUT2D eigenvalue weighted by molar-refractivity contribution is 6.13. The molecule has 0 unspecified atom stereocenters. The summed E-state index contributed by atoms with van der Waals surface area (Å²) in [7, 11) is 0. The summed E-state index contributed by atoms with van der Waals surface area (Å²) in [6.45, 7) is 11.8. The molecule has 0 bridgehead atoms. The number of anilines is 3. The van der Waals surface area contributed by atoms with E-state index in [2.05, 4.69) is 197 Å². The Morgan fingerprint density at radius 2 is 0.885 bits per heavy atom. The zero-order chi connectivity index (χ0) is 35.4. The van der Waals surface area contributed by atoms with Crippen LogP contribution in [0.25, 0.3) is 54.9 Å². The van der Waals surface area contributed by atoms with E-state index in [9.17, 15) is 0 Å². The molecule has 0 spiro atoms. The summed E-state index contributed by atoms with van der Waals surface area (Å²) in [6, 6.07) is 59.1. The second-order valence-corrected chi connectivity index (χ2v) is 15.8. The van der Waals surface area contributed by atoms with Crippen LogP contribution >= 0.6 is 0 Å². The minimum Gasteiger partial charge on any atom is -0.310 e. The van der Waals surface area contributed by atoms with Gasteiger partial charge in [-0.15, -0.1) is 0 Å². The molecule has 2 aliphatic carbocycles. The molecule has 1 heteroatoms. The van der Waals surface area contributed by atoms with Crippen LogP contribution in [-0.4, -0.2) is 0 Å². The van der Waals surface area contributed by atoms with Crippen LogP contribution in [0.5, 0.6) is 0 Å². The molecule has 1 nitrogen and oxygen atoms in total. The first-order valence-electron chi connectivity index (χ1n) is 18.5. The van der Waals surface area contributed by atoms with Gasteiger partial charge < -0.3 is 4.90 Å². The Labute approximate surface area is 306 Å². The van der Waals surface area contributed by atoms with Gasteiger partial charge in [0.15, 0.2) is 0 Å². The zero-order valence-electron chi connectivity index (χ0n) is 30.5. The van der Waals surface area contributed by atoms with Crippen LogP contribution in [0.1, 0.15) is 55.5 Å². The van der Waals surface area contributed by atoms with Gasteiger partial charge in [0.1, 0.15) is 0 Å². The van der Waals surface area contributed by atoms with Crippen LogP contribution in [0.2, 0.25) is 0 Å². The van der Waals surface area contributed by atoms with Gasteiger partial charge in [-0.05, 0) is 132 Å². The summed E-state index contributed by atoms with van der Waals surface area (Å²) in [5.74, 6) is 0. The predicted molar refractivity (Wildman–Crippen MR) is 221 cm³/mol. The van der Waals surface area contributed by atoms with E-state index in [1.54, 1.807) is 0 Å². The van der Waals surface area contributed by atoms with E-state index in [1.807, 2.05) is 0 Å². The fourth-order valence-corrected chi connectivity index (χ4v) is 9.46. The summed E-state index contributed by atoms with van der Waals surface area (Å²) in [5, 5.41) is 5.14. The lowest BCUT2D eigenvalue weighted by Gasteiger charge is -2.31. The molecule has 0 aliphatic heterocycles.